The summed E-state index contributed by atoms with van der Waals surface area (Å²) >= 11 is 9.35. The van der Waals surface area contributed by atoms with E-state index in [-0.39, 0.29) is 11.9 Å². The van der Waals surface area contributed by atoms with Gasteiger partial charge in [0.1, 0.15) is 11.7 Å². The molecular weight excluding hydrogens is 498 g/mol. The number of carbonyl (C=O) groups is 1. The average molecular weight is 522 g/mol. The van der Waals surface area contributed by atoms with Crippen LogP contribution in [-0.2, 0) is 4.79 Å². The van der Waals surface area contributed by atoms with Crippen LogP contribution in [0.15, 0.2) is 71.2 Å². The van der Waals surface area contributed by atoms with E-state index in [1.807, 2.05) is 86.3 Å². The second-order valence-electron chi connectivity index (χ2n) is 8.72. The van der Waals surface area contributed by atoms with E-state index in [1.165, 1.54) is 0 Å². The highest BCUT2D eigenvalue weighted by Crippen LogP contribution is 2.50. The molecule has 33 heavy (non-hydrogen) atoms. The van der Waals surface area contributed by atoms with Gasteiger partial charge in [-0.1, -0.05) is 51.8 Å². The number of benzene rings is 3. The minimum atomic E-state index is -1.03. The average Bonchev–Trinajstić information content (AvgIpc) is 2.76. The number of halogens is 1. The number of hydrogen-bond acceptors (Lipinski definition) is 3. The number of aryl methyl sites for hydroxylation is 2. The van der Waals surface area contributed by atoms with Crippen molar-refractivity contribution in [2.45, 2.75) is 32.5 Å². The minimum absolute atomic E-state index is 0.129. The van der Waals surface area contributed by atoms with Gasteiger partial charge in [-0.25, -0.2) is 0 Å². The quantitative estimate of drug-likeness (QED) is 0.422. The summed E-state index contributed by atoms with van der Waals surface area (Å²) in [6.07, 6.45) is 0. The molecule has 2 bridgehead atoms. The van der Waals surface area contributed by atoms with Crippen LogP contribution in [0.3, 0.4) is 0 Å². The fourth-order valence-electron chi connectivity index (χ4n) is 4.88. The topological polar surface area (TPSA) is 53.6 Å². The first-order valence-electron chi connectivity index (χ1n) is 10.8. The predicted molar refractivity (Wildman–Crippen MR) is 139 cm³/mol. The van der Waals surface area contributed by atoms with E-state index in [2.05, 4.69) is 32.6 Å². The molecule has 0 saturated carbocycles. The summed E-state index contributed by atoms with van der Waals surface area (Å²) in [4.78, 5) is 15.8. The van der Waals surface area contributed by atoms with Crippen molar-refractivity contribution in [2.75, 3.05) is 10.2 Å². The first kappa shape index (κ1) is 21.9. The van der Waals surface area contributed by atoms with Gasteiger partial charge in [-0.15, -0.1) is 0 Å². The molecule has 5 rings (SSSR count). The fraction of sp³-hybridized carbons (Fsp3) is 0.231. The smallest absolute Gasteiger partial charge is 0.236 e. The Bertz CT molecular complexity index is 1270. The zero-order valence-corrected chi connectivity index (χ0v) is 21.0. The molecule has 1 fully saturated rings. The van der Waals surface area contributed by atoms with Crippen LogP contribution in [-0.4, -0.2) is 16.7 Å². The van der Waals surface area contributed by atoms with Crippen LogP contribution in [0.5, 0.6) is 5.75 Å². The lowest BCUT2D eigenvalue weighted by Crippen LogP contribution is -2.72. The molecule has 168 valence electrons. The van der Waals surface area contributed by atoms with Gasteiger partial charge in [0.2, 0.25) is 5.91 Å². The molecule has 2 heterocycles. The van der Waals surface area contributed by atoms with Crippen molar-refractivity contribution in [1.82, 2.24) is 5.32 Å². The highest BCUT2D eigenvalue weighted by atomic mass is 79.9. The summed E-state index contributed by atoms with van der Waals surface area (Å²) in [5, 5.41) is 7.12. The molecule has 5 nitrogen and oxygen atoms in total. The Morgan fingerprint density at radius 2 is 1.88 bits per heavy atom. The van der Waals surface area contributed by atoms with Gasteiger partial charge in [0.25, 0.3) is 0 Å². The predicted octanol–water partition coefficient (Wildman–Crippen LogP) is 5.87. The van der Waals surface area contributed by atoms with E-state index in [0.29, 0.717) is 5.11 Å². The zero-order valence-electron chi connectivity index (χ0n) is 18.6. The lowest BCUT2D eigenvalue weighted by atomic mass is 9.78. The number of amides is 1. The number of nitrogens with zero attached hydrogens (tertiary/aromatic N) is 1. The number of rotatable bonds is 3. The van der Waals surface area contributed by atoms with Crippen LogP contribution in [0.4, 0.5) is 11.4 Å². The van der Waals surface area contributed by atoms with Gasteiger partial charge in [0.15, 0.2) is 10.8 Å². The Labute approximate surface area is 207 Å². The SMILES string of the molecule is Cc1ccc(NC(=O)[C@H]2[C@H]3NC(=S)N(c4ccccc4)[C@@]2(C)Oc2ccc(Br)cc23)c(C)c1. The minimum Gasteiger partial charge on any atom is -0.467 e. The summed E-state index contributed by atoms with van der Waals surface area (Å²) in [5.41, 5.74) is 3.69. The summed E-state index contributed by atoms with van der Waals surface area (Å²) < 4.78 is 7.54. The van der Waals surface area contributed by atoms with Crippen LogP contribution >= 0.6 is 28.1 Å². The maximum atomic E-state index is 13.9. The number of nitrogens with one attached hydrogen (secondary N) is 2. The van der Waals surface area contributed by atoms with Crippen molar-refractivity contribution in [1.29, 1.82) is 0 Å². The summed E-state index contributed by atoms with van der Waals surface area (Å²) in [7, 11) is 0. The molecule has 0 unspecified atom stereocenters. The van der Waals surface area contributed by atoms with Crippen LogP contribution in [0.1, 0.15) is 29.7 Å². The Morgan fingerprint density at radius 1 is 1.12 bits per heavy atom. The maximum Gasteiger partial charge on any atom is 0.236 e. The zero-order chi connectivity index (χ0) is 23.3. The van der Waals surface area contributed by atoms with E-state index in [0.717, 1.165) is 38.3 Å². The van der Waals surface area contributed by atoms with E-state index >= 15 is 0 Å². The molecule has 0 spiro atoms. The molecule has 1 amide bonds. The molecule has 2 aliphatic rings. The number of para-hydroxylation sites is 1. The third-order valence-electron chi connectivity index (χ3n) is 6.40. The molecule has 2 N–H and O–H groups in total. The maximum absolute atomic E-state index is 13.9. The number of thiocarbonyl (C=S) groups is 1. The molecular formula is C26H24BrN3O2S. The van der Waals surface area contributed by atoms with Crippen LogP contribution in [0.25, 0.3) is 0 Å². The second kappa shape index (κ2) is 8.15. The molecule has 3 aromatic carbocycles. The fourth-order valence-corrected chi connectivity index (χ4v) is 5.68. The number of ether oxygens (including phenoxy) is 1. The molecule has 2 aliphatic heterocycles. The standard InChI is InChI=1S/C26H24BrN3O2S/c1-15-9-11-20(16(2)13-15)28-24(31)22-23-19-14-17(27)10-12-21(19)32-26(22,3)30(25(33)29-23)18-7-5-4-6-8-18/h4-14,22-23H,1-3H3,(H,28,31)(H,29,33)/t22-,23+,26+/m1/s1. The Balaban J connectivity index is 1.63. The normalized spacial score (nSPS) is 23.3. The third kappa shape index (κ3) is 3.69. The van der Waals surface area contributed by atoms with Crippen molar-refractivity contribution < 1.29 is 9.53 Å². The van der Waals surface area contributed by atoms with E-state index in [1.54, 1.807) is 0 Å². The van der Waals surface area contributed by atoms with E-state index in [4.69, 9.17) is 17.0 Å². The molecule has 3 atom stereocenters. The molecule has 3 aromatic rings. The van der Waals surface area contributed by atoms with Crippen LogP contribution < -0.4 is 20.3 Å². The first-order chi connectivity index (χ1) is 15.8. The monoisotopic (exact) mass is 521 g/mol. The third-order valence-corrected chi connectivity index (χ3v) is 7.19. The van der Waals surface area contributed by atoms with Crippen molar-refractivity contribution in [3.63, 3.8) is 0 Å². The van der Waals surface area contributed by atoms with Crippen molar-refractivity contribution >= 4 is 50.5 Å². The van der Waals surface area contributed by atoms with Gasteiger partial charge in [-0.2, -0.15) is 0 Å². The largest absolute Gasteiger partial charge is 0.467 e. The highest BCUT2D eigenvalue weighted by Gasteiger charge is 2.59. The van der Waals surface area contributed by atoms with E-state index < -0.39 is 11.6 Å². The number of anilines is 2. The Morgan fingerprint density at radius 3 is 2.61 bits per heavy atom. The van der Waals surface area contributed by atoms with Gasteiger partial charge in [0.05, 0.1) is 6.04 Å². The van der Waals surface area contributed by atoms with Crippen LogP contribution in [0.2, 0.25) is 0 Å². The van der Waals surface area contributed by atoms with Gasteiger partial charge in [0, 0.05) is 21.4 Å². The molecule has 0 aliphatic carbocycles. The van der Waals surface area contributed by atoms with Gasteiger partial charge in [-0.3, -0.25) is 9.69 Å². The summed E-state index contributed by atoms with van der Waals surface area (Å²) in [5.74, 6) is 0.0279. The second-order valence-corrected chi connectivity index (χ2v) is 10.0. The molecule has 0 radical (unpaired) electrons. The lowest BCUT2D eigenvalue weighted by molar-refractivity contribution is -0.130. The summed E-state index contributed by atoms with van der Waals surface area (Å²) in [6, 6.07) is 21.3. The number of carbonyl (C=O) groups excluding carboxylic acids is 1. The lowest BCUT2D eigenvalue weighted by Gasteiger charge is -2.56. The molecule has 0 aromatic heterocycles. The number of fused-ring (bicyclic) bond motifs is 4. The van der Waals surface area contributed by atoms with Crippen molar-refractivity contribution in [3.8, 4) is 5.75 Å². The highest BCUT2D eigenvalue weighted by molar-refractivity contribution is 9.10. The van der Waals surface area contributed by atoms with Crippen molar-refractivity contribution in [3.05, 3.63) is 87.9 Å². The Hall–Kier alpha value is -2.90. The molecule has 1 saturated heterocycles. The van der Waals surface area contributed by atoms with Crippen LogP contribution in [0, 0.1) is 19.8 Å². The number of hydrogen-bond donors (Lipinski definition) is 2. The molecule has 7 heteroatoms. The van der Waals surface area contributed by atoms with Gasteiger partial charge >= 0.3 is 0 Å². The first-order valence-corrected chi connectivity index (χ1v) is 12.0. The Kier molecular flexibility index (Phi) is 5.41. The van der Waals surface area contributed by atoms with Gasteiger partial charge in [-0.05, 0) is 75.0 Å². The summed E-state index contributed by atoms with van der Waals surface area (Å²) in [6.45, 7) is 5.98. The van der Waals surface area contributed by atoms with Crippen molar-refractivity contribution in [2.24, 2.45) is 5.92 Å². The van der Waals surface area contributed by atoms with E-state index in [9.17, 15) is 4.79 Å². The van der Waals surface area contributed by atoms with Gasteiger partial charge < -0.3 is 15.4 Å².